The third kappa shape index (κ3) is 4.74. The molecule has 0 bridgehead atoms. The van der Waals surface area contributed by atoms with Crippen LogP contribution < -0.4 is 10.2 Å². The molecule has 1 N–H and O–H groups in total. The van der Waals surface area contributed by atoms with Crippen molar-refractivity contribution in [2.24, 2.45) is 0 Å². The number of nitrogens with one attached hydrogen (secondary N) is 1. The lowest BCUT2D eigenvalue weighted by atomic mass is 10.1. The summed E-state index contributed by atoms with van der Waals surface area (Å²) in [6, 6.07) is 20.9. The first-order chi connectivity index (χ1) is 14.2. The summed E-state index contributed by atoms with van der Waals surface area (Å²) in [5.74, 6) is 1.63. The Morgan fingerprint density at radius 1 is 0.862 bits per heavy atom. The first-order valence-corrected chi connectivity index (χ1v) is 10.5. The van der Waals surface area contributed by atoms with E-state index in [1.807, 2.05) is 18.2 Å². The lowest BCUT2D eigenvalue weighted by Gasteiger charge is -2.35. The maximum Gasteiger partial charge on any atom is 0.229 e. The highest BCUT2D eigenvalue weighted by Gasteiger charge is 2.18. The topological polar surface area (TPSA) is 44.3 Å². The van der Waals surface area contributed by atoms with Gasteiger partial charge in [-0.05, 0) is 30.7 Å². The van der Waals surface area contributed by atoms with Gasteiger partial charge in [-0.25, -0.2) is 4.98 Å². The van der Waals surface area contributed by atoms with E-state index >= 15 is 0 Å². The van der Waals surface area contributed by atoms with Crippen LogP contribution >= 0.6 is 0 Å². The number of hydrogen-bond acceptors (Lipinski definition) is 5. The minimum atomic E-state index is 0.642. The van der Waals surface area contributed by atoms with Crippen LogP contribution in [0.2, 0.25) is 0 Å². The molecule has 5 nitrogen and oxygen atoms in total. The predicted molar refractivity (Wildman–Crippen MR) is 121 cm³/mol. The molecule has 1 saturated heterocycles. The summed E-state index contributed by atoms with van der Waals surface area (Å²) in [5.41, 5.74) is 4.38. The summed E-state index contributed by atoms with van der Waals surface area (Å²) in [5, 5.41) is 3.41. The van der Waals surface area contributed by atoms with E-state index < -0.39 is 0 Å². The lowest BCUT2D eigenvalue weighted by molar-refractivity contribution is 0.270. The Hall–Kier alpha value is -2.92. The van der Waals surface area contributed by atoms with Crippen LogP contribution in [0.15, 0.2) is 60.7 Å². The minimum Gasteiger partial charge on any atom is -0.354 e. The van der Waals surface area contributed by atoms with Crippen molar-refractivity contribution in [1.29, 1.82) is 0 Å². The van der Waals surface area contributed by atoms with Gasteiger partial charge in [-0.1, -0.05) is 56.3 Å². The van der Waals surface area contributed by atoms with E-state index in [9.17, 15) is 0 Å². The fourth-order valence-electron chi connectivity index (χ4n) is 3.66. The zero-order chi connectivity index (χ0) is 20.1. The number of nitrogens with zero attached hydrogens (tertiary/aromatic N) is 4. The Labute approximate surface area is 173 Å². The van der Waals surface area contributed by atoms with Crippen molar-refractivity contribution in [3.05, 3.63) is 66.2 Å². The Balaban J connectivity index is 1.64. The molecule has 0 amide bonds. The van der Waals surface area contributed by atoms with Crippen LogP contribution in [0.25, 0.3) is 11.3 Å². The van der Waals surface area contributed by atoms with E-state index in [-0.39, 0.29) is 0 Å². The molecular weight excluding hydrogens is 358 g/mol. The average Bonchev–Trinajstić information content (AvgIpc) is 2.80. The van der Waals surface area contributed by atoms with Gasteiger partial charge in [-0.2, -0.15) is 4.98 Å². The summed E-state index contributed by atoms with van der Waals surface area (Å²) < 4.78 is 0. The molecule has 0 unspecified atom stereocenters. The highest BCUT2D eigenvalue weighted by Crippen LogP contribution is 2.26. The first-order valence-electron chi connectivity index (χ1n) is 10.5. The van der Waals surface area contributed by atoms with Gasteiger partial charge < -0.3 is 15.1 Å². The molecule has 1 aromatic heterocycles. The molecule has 1 fully saturated rings. The molecule has 0 saturated carbocycles. The smallest absolute Gasteiger partial charge is 0.229 e. The van der Waals surface area contributed by atoms with Crippen molar-refractivity contribution in [3.63, 3.8) is 0 Å². The van der Waals surface area contributed by atoms with Gasteiger partial charge in [0.2, 0.25) is 5.95 Å². The Morgan fingerprint density at radius 2 is 1.59 bits per heavy atom. The second-order valence-electron chi connectivity index (χ2n) is 7.40. The normalized spacial score (nSPS) is 14.8. The Morgan fingerprint density at radius 3 is 2.24 bits per heavy atom. The van der Waals surface area contributed by atoms with Gasteiger partial charge in [0, 0.05) is 43.5 Å². The summed E-state index contributed by atoms with van der Waals surface area (Å²) in [6.07, 6.45) is 1.04. The Bertz CT molecular complexity index is 916. The van der Waals surface area contributed by atoms with Crippen molar-refractivity contribution in [2.75, 3.05) is 42.9 Å². The van der Waals surface area contributed by atoms with Gasteiger partial charge >= 0.3 is 0 Å². The number of likely N-dealkylation sites (N-methyl/N-ethyl adjacent to an activating group) is 1. The molecule has 0 radical (unpaired) electrons. The van der Waals surface area contributed by atoms with Crippen LogP contribution in [-0.2, 0) is 6.42 Å². The fourth-order valence-corrected chi connectivity index (χ4v) is 3.66. The summed E-state index contributed by atoms with van der Waals surface area (Å²) in [7, 11) is 0. The summed E-state index contributed by atoms with van der Waals surface area (Å²) in [4.78, 5) is 14.5. The number of rotatable bonds is 6. The quantitative estimate of drug-likeness (QED) is 0.670. The van der Waals surface area contributed by atoms with Crippen molar-refractivity contribution in [3.8, 4) is 11.3 Å². The van der Waals surface area contributed by atoms with Crippen LogP contribution in [0.5, 0.6) is 0 Å². The van der Waals surface area contributed by atoms with E-state index in [0.29, 0.717) is 5.95 Å². The molecule has 0 spiro atoms. The maximum absolute atomic E-state index is 4.86. The Kier molecular flexibility index (Phi) is 6.06. The van der Waals surface area contributed by atoms with Gasteiger partial charge in [0.05, 0.1) is 5.69 Å². The van der Waals surface area contributed by atoms with Crippen LogP contribution in [0.1, 0.15) is 19.4 Å². The van der Waals surface area contributed by atoms with Crippen LogP contribution in [0.4, 0.5) is 17.5 Å². The molecule has 5 heteroatoms. The van der Waals surface area contributed by atoms with Crippen molar-refractivity contribution in [1.82, 2.24) is 14.9 Å². The van der Waals surface area contributed by atoms with Gasteiger partial charge in [0.15, 0.2) is 0 Å². The SMILES string of the molecule is CCc1ccc(Nc2nc(-c3ccccc3)cc(N3CCN(CC)CC3)n2)cc1. The molecule has 2 heterocycles. The molecule has 29 heavy (non-hydrogen) atoms. The maximum atomic E-state index is 4.86. The molecular formula is C24H29N5. The standard InChI is InChI=1S/C24H29N5/c1-3-19-10-12-21(13-11-19)25-24-26-22(20-8-6-5-7-9-20)18-23(27-24)29-16-14-28(4-2)15-17-29/h5-13,18H,3-4,14-17H2,1-2H3,(H,25,26,27). The second-order valence-corrected chi connectivity index (χ2v) is 7.40. The number of piperazine rings is 1. The lowest BCUT2D eigenvalue weighted by Crippen LogP contribution is -2.46. The highest BCUT2D eigenvalue weighted by molar-refractivity contribution is 5.66. The van der Waals surface area contributed by atoms with Gasteiger partial charge in [0.1, 0.15) is 5.82 Å². The van der Waals surface area contributed by atoms with E-state index in [0.717, 1.165) is 61.9 Å². The molecule has 3 aromatic rings. The molecule has 1 aliphatic heterocycles. The molecule has 150 valence electrons. The largest absolute Gasteiger partial charge is 0.354 e. The molecule has 4 rings (SSSR count). The number of hydrogen-bond donors (Lipinski definition) is 1. The van der Waals surface area contributed by atoms with Gasteiger partial charge in [0.25, 0.3) is 0 Å². The second kappa shape index (κ2) is 9.05. The first kappa shape index (κ1) is 19.4. The fraction of sp³-hybridized carbons (Fsp3) is 0.333. The molecule has 0 atom stereocenters. The predicted octanol–water partition coefficient (Wildman–Crippen LogP) is 4.59. The molecule has 2 aromatic carbocycles. The third-order valence-electron chi connectivity index (χ3n) is 5.54. The highest BCUT2D eigenvalue weighted by atomic mass is 15.3. The van der Waals surface area contributed by atoms with Crippen molar-refractivity contribution < 1.29 is 0 Å². The summed E-state index contributed by atoms with van der Waals surface area (Å²) >= 11 is 0. The third-order valence-corrected chi connectivity index (χ3v) is 5.54. The van der Waals surface area contributed by atoms with E-state index in [1.54, 1.807) is 0 Å². The zero-order valence-corrected chi connectivity index (χ0v) is 17.3. The van der Waals surface area contributed by atoms with Crippen LogP contribution in [-0.4, -0.2) is 47.6 Å². The average molecular weight is 388 g/mol. The molecule has 0 aliphatic carbocycles. The number of anilines is 3. The number of aromatic nitrogens is 2. The van der Waals surface area contributed by atoms with Crippen molar-refractivity contribution >= 4 is 17.5 Å². The minimum absolute atomic E-state index is 0.642. The number of benzene rings is 2. The monoisotopic (exact) mass is 387 g/mol. The van der Waals surface area contributed by atoms with Gasteiger partial charge in [-0.15, -0.1) is 0 Å². The van der Waals surface area contributed by atoms with Crippen LogP contribution in [0.3, 0.4) is 0 Å². The van der Waals surface area contributed by atoms with Gasteiger partial charge in [-0.3, -0.25) is 0 Å². The molecule has 1 aliphatic rings. The number of aryl methyl sites for hydroxylation is 1. The van der Waals surface area contributed by atoms with E-state index in [4.69, 9.17) is 9.97 Å². The van der Waals surface area contributed by atoms with Crippen molar-refractivity contribution in [2.45, 2.75) is 20.3 Å². The van der Waals surface area contributed by atoms with Crippen LogP contribution in [0, 0.1) is 0 Å². The zero-order valence-electron chi connectivity index (χ0n) is 17.3. The summed E-state index contributed by atoms with van der Waals surface area (Å²) in [6.45, 7) is 9.62. The van der Waals surface area contributed by atoms with E-state index in [2.05, 4.69) is 71.4 Å². The van der Waals surface area contributed by atoms with E-state index in [1.165, 1.54) is 5.56 Å².